The van der Waals surface area contributed by atoms with Crippen LogP contribution in [0.25, 0.3) is 0 Å². The van der Waals surface area contributed by atoms with Gasteiger partial charge in [0.2, 0.25) is 0 Å². The number of carbonyl (C=O) groups excluding carboxylic acids is 2. The first kappa shape index (κ1) is 19.6. The number of benzene rings is 3. The van der Waals surface area contributed by atoms with Crippen LogP contribution < -0.4 is 10.7 Å². The summed E-state index contributed by atoms with van der Waals surface area (Å²) in [5.74, 6) is -2.13. The highest BCUT2D eigenvalue weighted by Gasteiger charge is 2.12. The molecule has 0 saturated heterocycles. The first-order valence-corrected chi connectivity index (χ1v) is 8.45. The fourth-order valence-corrected chi connectivity index (χ4v) is 2.45. The number of phenolic OH excluding ortho intramolecular Hbond substituents is 2. The number of anilines is 1. The molecule has 0 fully saturated rings. The van der Waals surface area contributed by atoms with Crippen LogP contribution in [-0.4, -0.2) is 28.2 Å². The smallest absolute Gasteiger partial charge is 0.271 e. The van der Waals surface area contributed by atoms with Gasteiger partial charge in [-0.25, -0.2) is 9.82 Å². The minimum atomic E-state index is -0.647. The zero-order valence-electron chi connectivity index (χ0n) is 15.0. The second-order valence-electron chi connectivity index (χ2n) is 5.96. The zero-order valence-corrected chi connectivity index (χ0v) is 15.0. The summed E-state index contributed by atoms with van der Waals surface area (Å²) in [5, 5.41) is 25.2. The zero-order chi connectivity index (χ0) is 20.8. The second kappa shape index (κ2) is 8.66. The summed E-state index contributed by atoms with van der Waals surface area (Å²) in [7, 11) is 0. The van der Waals surface area contributed by atoms with E-state index in [2.05, 4.69) is 15.8 Å². The molecule has 0 saturated carbocycles. The average Bonchev–Trinajstić information content (AvgIpc) is 2.70. The van der Waals surface area contributed by atoms with E-state index in [0.717, 1.165) is 6.07 Å². The number of carbonyl (C=O) groups is 2. The number of nitrogens with zero attached hydrogens (tertiary/aromatic N) is 1. The Bertz CT molecular complexity index is 1100. The van der Waals surface area contributed by atoms with Crippen LogP contribution in [0.3, 0.4) is 0 Å². The van der Waals surface area contributed by atoms with E-state index in [1.165, 1.54) is 48.7 Å². The van der Waals surface area contributed by atoms with Gasteiger partial charge < -0.3 is 15.5 Å². The van der Waals surface area contributed by atoms with Crippen LogP contribution in [0.2, 0.25) is 0 Å². The van der Waals surface area contributed by atoms with Gasteiger partial charge in [0, 0.05) is 22.9 Å². The number of amides is 2. The maximum atomic E-state index is 13.7. The molecule has 0 spiro atoms. The van der Waals surface area contributed by atoms with Crippen molar-refractivity contribution in [3.63, 3.8) is 0 Å². The van der Waals surface area contributed by atoms with Crippen molar-refractivity contribution in [3.8, 4) is 11.5 Å². The van der Waals surface area contributed by atoms with E-state index in [1.54, 1.807) is 18.2 Å². The lowest BCUT2D eigenvalue weighted by Crippen LogP contribution is -2.18. The lowest BCUT2D eigenvalue weighted by molar-refractivity contribution is 0.0953. The number of hydrazone groups is 1. The van der Waals surface area contributed by atoms with Crippen molar-refractivity contribution < 1.29 is 24.2 Å². The lowest BCUT2D eigenvalue weighted by Gasteiger charge is -2.07. The van der Waals surface area contributed by atoms with Crippen molar-refractivity contribution in [2.75, 3.05) is 5.32 Å². The van der Waals surface area contributed by atoms with Gasteiger partial charge in [-0.05, 0) is 42.5 Å². The highest BCUT2D eigenvalue weighted by molar-refractivity contribution is 6.05. The van der Waals surface area contributed by atoms with Gasteiger partial charge in [0.05, 0.1) is 11.8 Å². The molecule has 0 aromatic heterocycles. The van der Waals surface area contributed by atoms with Crippen LogP contribution in [0.5, 0.6) is 11.5 Å². The van der Waals surface area contributed by atoms with E-state index >= 15 is 0 Å². The Labute approximate surface area is 165 Å². The minimum Gasteiger partial charge on any atom is -0.508 e. The van der Waals surface area contributed by atoms with E-state index in [-0.39, 0.29) is 22.6 Å². The first-order valence-electron chi connectivity index (χ1n) is 8.45. The minimum absolute atomic E-state index is 0.0991. The van der Waals surface area contributed by atoms with Crippen molar-refractivity contribution in [1.82, 2.24) is 5.43 Å². The molecule has 8 heteroatoms. The summed E-state index contributed by atoms with van der Waals surface area (Å²) in [4.78, 5) is 24.4. The number of hydrogen-bond acceptors (Lipinski definition) is 5. The van der Waals surface area contributed by atoms with Gasteiger partial charge in [-0.1, -0.05) is 18.2 Å². The van der Waals surface area contributed by atoms with Gasteiger partial charge in [0.15, 0.2) is 0 Å². The molecule has 2 amide bonds. The standard InChI is InChI=1S/C21H16FN3O4/c22-18-7-2-1-6-17(18)21(29)24-15-5-3-4-13(10-15)20(28)25-23-12-14-8-9-16(26)11-19(14)27/h1-12,26-27H,(H,24,29)(H,25,28). The number of halogens is 1. The molecule has 3 aromatic rings. The molecule has 0 aliphatic carbocycles. The second-order valence-corrected chi connectivity index (χ2v) is 5.96. The fraction of sp³-hybridized carbons (Fsp3) is 0. The molecule has 0 unspecified atom stereocenters. The van der Waals surface area contributed by atoms with Gasteiger partial charge in [-0.15, -0.1) is 0 Å². The number of nitrogens with one attached hydrogen (secondary N) is 2. The van der Waals surface area contributed by atoms with Gasteiger partial charge in [0.25, 0.3) is 11.8 Å². The number of rotatable bonds is 5. The van der Waals surface area contributed by atoms with E-state index in [1.807, 2.05) is 0 Å². The van der Waals surface area contributed by atoms with Gasteiger partial charge in [0.1, 0.15) is 17.3 Å². The predicted octanol–water partition coefficient (Wildman–Crippen LogP) is 3.25. The third kappa shape index (κ3) is 4.95. The molecule has 3 rings (SSSR count). The molecule has 29 heavy (non-hydrogen) atoms. The van der Waals surface area contributed by atoms with E-state index in [9.17, 15) is 24.2 Å². The van der Waals surface area contributed by atoms with Crippen LogP contribution in [0.15, 0.2) is 71.8 Å². The molecule has 0 radical (unpaired) electrons. The predicted molar refractivity (Wildman–Crippen MR) is 106 cm³/mol. The molecule has 7 nitrogen and oxygen atoms in total. The summed E-state index contributed by atoms with van der Waals surface area (Å²) in [6, 6.07) is 15.6. The van der Waals surface area contributed by atoms with Crippen molar-refractivity contribution in [3.05, 3.63) is 89.2 Å². The Morgan fingerprint density at radius 3 is 2.48 bits per heavy atom. The van der Waals surface area contributed by atoms with Gasteiger partial charge in [-0.2, -0.15) is 5.10 Å². The Kier molecular flexibility index (Phi) is 5.84. The molecule has 0 atom stereocenters. The van der Waals surface area contributed by atoms with Crippen molar-refractivity contribution in [2.45, 2.75) is 0 Å². The Morgan fingerprint density at radius 1 is 0.931 bits per heavy atom. The summed E-state index contributed by atoms with van der Waals surface area (Å²) < 4.78 is 13.7. The number of hydrogen-bond donors (Lipinski definition) is 4. The highest BCUT2D eigenvalue weighted by Crippen LogP contribution is 2.20. The monoisotopic (exact) mass is 393 g/mol. The molecule has 3 aromatic carbocycles. The van der Waals surface area contributed by atoms with Crippen LogP contribution in [0, 0.1) is 5.82 Å². The van der Waals surface area contributed by atoms with Crippen LogP contribution >= 0.6 is 0 Å². The van der Waals surface area contributed by atoms with Gasteiger partial charge >= 0.3 is 0 Å². The summed E-state index contributed by atoms with van der Waals surface area (Å²) in [6.07, 6.45) is 1.22. The SMILES string of the molecule is O=C(NN=Cc1ccc(O)cc1O)c1cccc(NC(=O)c2ccccc2F)c1. The normalized spacial score (nSPS) is 10.7. The lowest BCUT2D eigenvalue weighted by atomic mass is 10.1. The molecular weight excluding hydrogens is 377 g/mol. The van der Waals surface area contributed by atoms with Crippen molar-refractivity contribution in [2.24, 2.45) is 5.10 Å². The van der Waals surface area contributed by atoms with Crippen molar-refractivity contribution in [1.29, 1.82) is 0 Å². The third-order valence-electron chi connectivity index (χ3n) is 3.88. The third-order valence-corrected chi connectivity index (χ3v) is 3.88. The Balaban J connectivity index is 1.67. The summed E-state index contributed by atoms with van der Waals surface area (Å²) in [6.45, 7) is 0. The molecule has 0 aliphatic heterocycles. The fourth-order valence-electron chi connectivity index (χ4n) is 2.45. The Hall–Kier alpha value is -4.20. The molecule has 0 bridgehead atoms. The summed E-state index contributed by atoms with van der Waals surface area (Å²) >= 11 is 0. The maximum absolute atomic E-state index is 13.7. The number of aromatic hydroxyl groups is 2. The average molecular weight is 393 g/mol. The van der Waals surface area contributed by atoms with Gasteiger partial charge in [-0.3, -0.25) is 9.59 Å². The van der Waals surface area contributed by atoms with Crippen LogP contribution in [-0.2, 0) is 0 Å². The van der Waals surface area contributed by atoms with E-state index in [4.69, 9.17) is 0 Å². The number of phenols is 2. The molecule has 146 valence electrons. The Morgan fingerprint density at radius 2 is 1.72 bits per heavy atom. The van der Waals surface area contributed by atoms with E-state index < -0.39 is 17.6 Å². The maximum Gasteiger partial charge on any atom is 0.271 e. The summed E-state index contributed by atoms with van der Waals surface area (Å²) in [5.41, 5.74) is 3.01. The molecule has 0 heterocycles. The largest absolute Gasteiger partial charge is 0.508 e. The quantitative estimate of drug-likeness (QED) is 0.394. The van der Waals surface area contributed by atoms with Crippen LogP contribution in [0.1, 0.15) is 26.3 Å². The molecule has 4 N–H and O–H groups in total. The van der Waals surface area contributed by atoms with Crippen LogP contribution in [0.4, 0.5) is 10.1 Å². The molecular formula is C21H16FN3O4. The molecule has 0 aliphatic rings. The highest BCUT2D eigenvalue weighted by atomic mass is 19.1. The van der Waals surface area contributed by atoms with E-state index in [0.29, 0.717) is 11.3 Å². The van der Waals surface area contributed by atoms with Crippen molar-refractivity contribution >= 4 is 23.7 Å². The first-order chi connectivity index (χ1) is 13.9. The topological polar surface area (TPSA) is 111 Å².